The van der Waals surface area contributed by atoms with Crippen molar-refractivity contribution in [1.29, 1.82) is 0 Å². The third-order valence-electron chi connectivity index (χ3n) is 5.61. The highest BCUT2D eigenvalue weighted by atomic mass is 35.5. The number of fused-ring (bicyclic) bond motifs is 1. The normalized spacial score (nSPS) is 15.1. The van der Waals surface area contributed by atoms with Gasteiger partial charge in [-0.25, -0.2) is 0 Å². The molecule has 1 amide bonds. The van der Waals surface area contributed by atoms with Gasteiger partial charge in [0.25, 0.3) is 5.56 Å². The summed E-state index contributed by atoms with van der Waals surface area (Å²) in [6.45, 7) is 2.70. The van der Waals surface area contributed by atoms with Crippen LogP contribution in [0.15, 0.2) is 58.5 Å². The number of nitrogens with one attached hydrogen (secondary N) is 1. The van der Waals surface area contributed by atoms with Crippen LogP contribution < -0.4 is 15.6 Å². The summed E-state index contributed by atoms with van der Waals surface area (Å²) >= 11 is 7.51. The number of benzene rings is 2. The van der Waals surface area contributed by atoms with Crippen molar-refractivity contribution in [3.8, 4) is 5.75 Å². The highest BCUT2D eigenvalue weighted by Gasteiger charge is 2.33. The minimum Gasteiger partial charge on any atom is -0.493 e. The summed E-state index contributed by atoms with van der Waals surface area (Å²) < 4.78 is 7.78. The molecule has 6 nitrogen and oxygen atoms in total. The SMILES string of the molecule is CCCCOc1ccccc1C1CC(=O)Nc2c1c(=O)nc(SCc1cccc(Cl)c1)n2C. The average molecular weight is 484 g/mol. The van der Waals surface area contributed by atoms with Gasteiger partial charge in [0.05, 0.1) is 12.2 Å². The van der Waals surface area contributed by atoms with Gasteiger partial charge in [0.2, 0.25) is 5.91 Å². The number of hydrogen-bond acceptors (Lipinski definition) is 5. The van der Waals surface area contributed by atoms with E-state index in [0.717, 1.165) is 24.0 Å². The van der Waals surface area contributed by atoms with Gasteiger partial charge < -0.3 is 14.6 Å². The Hall–Kier alpha value is -2.77. The maximum atomic E-state index is 13.2. The molecule has 0 saturated carbocycles. The maximum absolute atomic E-state index is 13.2. The molecule has 1 atom stereocenters. The molecule has 0 radical (unpaired) electrons. The Balaban J connectivity index is 1.69. The first-order valence-corrected chi connectivity index (χ1v) is 12.3. The van der Waals surface area contributed by atoms with Gasteiger partial charge in [-0.1, -0.05) is 67.0 Å². The molecule has 33 heavy (non-hydrogen) atoms. The number of carbonyl (C=O) groups excluding carboxylic acids is 1. The van der Waals surface area contributed by atoms with Crippen LogP contribution in [0, 0.1) is 0 Å². The van der Waals surface area contributed by atoms with Crippen LogP contribution in [0.1, 0.15) is 48.8 Å². The molecule has 4 rings (SSSR count). The Morgan fingerprint density at radius 2 is 2.03 bits per heavy atom. The molecular weight excluding hydrogens is 458 g/mol. The Labute approximate surface area is 202 Å². The average Bonchev–Trinajstić information content (AvgIpc) is 2.80. The first kappa shape index (κ1) is 23.4. The maximum Gasteiger partial charge on any atom is 0.279 e. The smallest absolute Gasteiger partial charge is 0.279 e. The standard InChI is InChI=1S/C25H26ClN3O3S/c1-3-4-12-32-20-11-6-5-10-18(20)19-14-21(30)27-23-22(19)24(31)28-25(29(23)2)33-15-16-8-7-9-17(26)13-16/h5-11,13,19H,3-4,12,14-15H2,1-2H3,(H,27,30). The number of halogens is 1. The number of amides is 1. The van der Waals surface area contributed by atoms with Crippen LogP contribution in [0.4, 0.5) is 5.82 Å². The second-order valence-electron chi connectivity index (χ2n) is 7.98. The highest BCUT2D eigenvalue weighted by Crippen LogP contribution is 2.39. The van der Waals surface area contributed by atoms with E-state index in [0.29, 0.717) is 39.7 Å². The summed E-state index contributed by atoms with van der Waals surface area (Å²) in [6.07, 6.45) is 2.14. The quantitative estimate of drug-likeness (QED) is 0.264. The molecule has 8 heteroatoms. The van der Waals surface area contributed by atoms with E-state index in [1.165, 1.54) is 11.8 Å². The minimum absolute atomic E-state index is 0.136. The number of anilines is 1. The van der Waals surface area contributed by atoms with Gasteiger partial charge in [-0.3, -0.25) is 9.59 Å². The van der Waals surface area contributed by atoms with Gasteiger partial charge in [0.15, 0.2) is 5.16 Å². The van der Waals surface area contributed by atoms with Crippen molar-refractivity contribution in [3.63, 3.8) is 0 Å². The van der Waals surface area contributed by atoms with Crippen LogP contribution >= 0.6 is 23.4 Å². The summed E-state index contributed by atoms with van der Waals surface area (Å²) in [5, 5.41) is 4.09. The Bertz CT molecular complexity index is 1230. The lowest BCUT2D eigenvalue weighted by atomic mass is 9.86. The van der Waals surface area contributed by atoms with Crippen molar-refractivity contribution in [2.75, 3.05) is 11.9 Å². The summed E-state index contributed by atoms with van der Waals surface area (Å²) in [7, 11) is 1.82. The number of ether oxygens (including phenoxy) is 1. The first-order chi connectivity index (χ1) is 16.0. The Morgan fingerprint density at radius 1 is 1.21 bits per heavy atom. The van der Waals surface area contributed by atoms with Crippen LogP contribution in [0.25, 0.3) is 0 Å². The van der Waals surface area contributed by atoms with Crippen LogP contribution in [0.5, 0.6) is 5.75 Å². The molecule has 172 valence electrons. The van der Waals surface area contributed by atoms with Crippen molar-refractivity contribution in [2.45, 2.75) is 43.0 Å². The molecule has 1 aromatic heterocycles. The van der Waals surface area contributed by atoms with E-state index in [1.54, 1.807) is 4.57 Å². The molecule has 0 fully saturated rings. The lowest BCUT2D eigenvalue weighted by Crippen LogP contribution is -2.33. The number of thioether (sulfide) groups is 1. The molecule has 0 spiro atoms. The van der Waals surface area contributed by atoms with Gasteiger partial charge in [-0.2, -0.15) is 4.98 Å². The fourth-order valence-corrected chi connectivity index (χ4v) is 5.05. The summed E-state index contributed by atoms with van der Waals surface area (Å²) in [5.41, 5.74) is 2.03. The number of unbranched alkanes of at least 4 members (excludes halogenated alkanes) is 1. The molecular formula is C25H26ClN3O3S. The summed E-state index contributed by atoms with van der Waals surface area (Å²) in [4.78, 5) is 30.3. The second-order valence-corrected chi connectivity index (χ2v) is 9.36. The number of aromatic nitrogens is 2. The van der Waals surface area contributed by atoms with Crippen LogP contribution in [-0.2, 0) is 17.6 Å². The zero-order valence-corrected chi connectivity index (χ0v) is 20.2. The van der Waals surface area contributed by atoms with Gasteiger partial charge in [-0.05, 0) is 30.2 Å². The van der Waals surface area contributed by atoms with Crippen molar-refractivity contribution < 1.29 is 9.53 Å². The molecule has 0 aliphatic carbocycles. The van der Waals surface area contributed by atoms with Crippen molar-refractivity contribution in [1.82, 2.24) is 9.55 Å². The van der Waals surface area contributed by atoms with E-state index < -0.39 is 5.92 Å². The second kappa shape index (κ2) is 10.4. The number of para-hydroxylation sites is 1. The zero-order chi connectivity index (χ0) is 23.4. The molecule has 1 aliphatic rings. The van der Waals surface area contributed by atoms with Crippen LogP contribution in [0.3, 0.4) is 0 Å². The Kier molecular flexibility index (Phi) is 7.40. The topological polar surface area (TPSA) is 73.2 Å². The Morgan fingerprint density at radius 3 is 2.82 bits per heavy atom. The van der Waals surface area contributed by atoms with Crippen molar-refractivity contribution in [3.05, 3.63) is 80.6 Å². The third-order valence-corrected chi connectivity index (χ3v) is 6.94. The molecule has 2 aromatic carbocycles. The number of carbonyl (C=O) groups is 1. The lowest BCUT2D eigenvalue weighted by Gasteiger charge is -2.28. The van der Waals surface area contributed by atoms with E-state index in [9.17, 15) is 9.59 Å². The molecule has 0 bridgehead atoms. The van der Waals surface area contributed by atoms with E-state index >= 15 is 0 Å². The zero-order valence-electron chi connectivity index (χ0n) is 18.6. The predicted octanol–water partition coefficient (Wildman–Crippen LogP) is 5.38. The van der Waals surface area contributed by atoms with Crippen LogP contribution in [-0.4, -0.2) is 22.1 Å². The van der Waals surface area contributed by atoms with Gasteiger partial charge in [0, 0.05) is 35.7 Å². The van der Waals surface area contributed by atoms with Crippen molar-refractivity contribution in [2.24, 2.45) is 7.05 Å². The van der Waals surface area contributed by atoms with Crippen LogP contribution in [0.2, 0.25) is 5.02 Å². The predicted molar refractivity (Wildman–Crippen MR) is 132 cm³/mol. The fourth-order valence-electron chi connectivity index (χ4n) is 3.93. The molecule has 0 saturated heterocycles. The summed E-state index contributed by atoms with van der Waals surface area (Å²) in [6, 6.07) is 15.2. The van der Waals surface area contributed by atoms with E-state index in [1.807, 2.05) is 55.6 Å². The third kappa shape index (κ3) is 5.25. The van der Waals surface area contributed by atoms with Gasteiger partial charge in [0.1, 0.15) is 11.6 Å². The molecule has 1 N–H and O–H groups in total. The highest BCUT2D eigenvalue weighted by molar-refractivity contribution is 7.98. The van der Waals surface area contributed by atoms with E-state index in [2.05, 4.69) is 17.2 Å². The fraction of sp³-hybridized carbons (Fsp3) is 0.320. The van der Waals surface area contributed by atoms with E-state index in [-0.39, 0.29) is 17.9 Å². The van der Waals surface area contributed by atoms with E-state index in [4.69, 9.17) is 16.3 Å². The van der Waals surface area contributed by atoms with Gasteiger partial charge >= 0.3 is 0 Å². The van der Waals surface area contributed by atoms with Crippen molar-refractivity contribution >= 4 is 35.1 Å². The number of hydrogen-bond donors (Lipinski definition) is 1. The number of rotatable bonds is 8. The monoisotopic (exact) mass is 483 g/mol. The summed E-state index contributed by atoms with van der Waals surface area (Å²) in [5.74, 6) is 1.25. The molecule has 3 aromatic rings. The largest absolute Gasteiger partial charge is 0.493 e. The molecule has 2 heterocycles. The van der Waals surface area contributed by atoms with Gasteiger partial charge in [-0.15, -0.1) is 0 Å². The molecule has 1 unspecified atom stereocenters. The first-order valence-electron chi connectivity index (χ1n) is 11.0. The number of nitrogens with zero attached hydrogens (tertiary/aromatic N) is 2. The lowest BCUT2D eigenvalue weighted by molar-refractivity contribution is -0.116. The molecule has 1 aliphatic heterocycles. The minimum atomic E-state index is -0.412.